The van der Waals surface area contributed by atoms with Crippen LogP contribution in [0.4, 0.5) is 5.82 Å². The van der Waals surface area contributed by atoms with Crippen molar-refractivity contribution < 1.29 is 9.59 Å². The maximum atomic E-state index is 11.9. The minimum atomic E-state index is -0.239. The molecule has 0 spiro atoms. The van der Waals surface area contributed by atoms with Crippen LogP contribution in [0.15, 0.2) is 22.9 Å². The first kappa shape index (κ1) is 13.6. The smallest absolute Gasteiger partial charge is 0.249 e. The first-order valence-electron chi connectivity index (χ1n) is 6.46. The van der Waals surface area contributed by atoms with Crippen molar-refractivity contribution >= 4 is 35.0 Å². The van der Waals surface area contributed by atoms with E-state index in [0.29, 0.717) is 18.9 Å². The molecule has 0 aromatic carbocycles. The predicted molar refractivity (Wildman–Crippen MR) is 80.5 cm³/mol. The van der Waals surface area contributed by atoms with E-state index in [-0.39, 0.29) is 11.8 Å². The number of hydrogen-bond donors (Lipinski definition) is 2. The molecule has 0 aliphatic carbocycles. The highest BCUT2D eigenvalue weighted by atomic mass is 32.1. The van der Waals surface area contributed by atoms with Gasteiger partial charge in [0.2, 0.25) is 11.8 Å². The first-order chi connectivity index (χ1) is 10.1. The van der Waals surface area contributed by atoms with Crippen LogP contribution in [-0.2, 0) is 22.7 Å². The monoisotopic (exact) mass is 302 g/mol. The molecule has 1 aliphatic heterocycles. The largest absolute Gasteiger partial charge is 0.333 e. The van der Waals surface area contributed by atoms with Gasteiger partial charge >= 0.3 is 0 Å². The Morgan fingerprint density at radius 2 is 2.33 bits per heavy atom. The lowest BCUT2D eigenvalue weighted by molar-refractivity contribution is -0.129. The number of hydrogen-bond acceptors (Lipinski definition) is 4. The lowest BCUT2D eigenvalue weighted by Crippen LogP contribution is -2.22. The van der Waals surface area contributed by atoms with Gasteiger partial charge in [-0.15, -0.1) is 0 Å². The van der Waals surface area contributed by atoms with Gasteiger partial charge in [0.05, 0.1) is 18.8 Å². The Kier molecular flexibility index (Phi) is 3.57. The van der Waals surface area contributed by atoms with Gasteiger partial charge in [-0.25, -0.2) is 0 Å². The van der Waals surface area contributed by atoms with Gasteiger partial charge in [-0.2, -0.15) is 16.4 Å². The summed E-state index contributed by atoms with van der Waals surface area (Å²) < 4.78 is 0. The number of carbonyl (C=O) groups excluding carboxylic acids is 2. The molecule has 2 N–H and O–H groups in total. The zero-order chi connectivity index (χ0) is 14.8. The number of aromatic nitrogens is 2. The highest BCUT2D eigenvalue weighted by Gasteiger charge is 2.26. The van der Waals surface area contributed by atoms with Crippen LogP contribution in [0, 0.1) is 0 Å². The van der Waals surface area contributed by atoms with Gasteiger partial charge in [-0.1, -0.05) is 0 Å². The molecule has 3 rings (SSSR count). The summed E-state index contributed by atoms with van der Waals surface area (Å²) in [5.41, 5.74) is 2.75. The number of carbonyl (C=O) groups is 2. The molecule has 7 heteroatoms. The van der Waals surface area contributed by atoms with Crippen LogP contribution in [0.5, 0.6) is 0 Å². The van der Waals surface area contributed by atoms with E-state index in [1.165, 1.54) is 13.0 Å². The normalized spacial score (nSPS) is 13.7. The van der Waals surface area contributed by atoms with E-state index in [4.69, 9.17) is 0 Å². The number of fused-ring (bicyclic) bond motifs is 1. The Morgan fingerprint density at radius 3 is 3.05 bits per heavy atom. The molecule has 0 fully saturated rings. The summed E-state index contributed by atoms with van der Waals surface area (Å²) in [6.45, 7) is 2.52. The summed E-state index contributed by atoms with van der Waals surface area (Å²) >= 11 is 1.58. The van der Waals surface area contributed by atoms with Crippen molar-refractivity contribution in [2.45, 2.75) is 20.0 Å². The molecule has 2 aromatic heterocycles. The third kappa shape index (κ3) is 2.87. The Morgan fingerprint density at radius 1 is 1.48 bits per heavy atom. The molecular formula is C14H14N4O2S. The molecule has 3 heterocycles. The van der Waals surface area contributed by atoms with Crippen LogP contribution in [0.2, 0.25) is 0 Å². The van der Waals surface area contributed by atoms with Gasteiger partial charge in [0.25, 0.3) is 0 Å². The number of thiophene rings is 1. The Labute approximate surface area is 125 Å². The van der Waals surface area contributed by atoms with Gasteiger partial charge in [-0.05, 0) is 28.5 Å². The summed E-state index contributed by atoms with van der Waals surface area (Å²) in [6, 6.07) is 1.94. The minimum absolute atomic E-state index is 0.00855. The topological polar surface area (TPSA) is 78.1 Å². The predicted octanol–water partition coefficient (Wildman–Crippen LogP) is 1.99. The molecule has 2 aromatic rings. The Hall–Kier alpha value is -2.41. The van der Waals surface area contributed by atoms with Gasteiger partial charge in [0, 0.05) is 18.6 Å². The molecule has 0 unspecified atom stereocenters. The molecule has 0 saturated heterocycles. The number of anilines is 1. The fourth-order valence-electron chi connectivity index (χ4n) is 2.17. The highest BCUT2D eigenvalue weighted by molar-refractivity contribution is 7.08. The Bertz CT molecular complexity index is 703. The maximum Gasteiger partial charge on any atom is 0.249 e. The molecule has 21 heavy (non-hydrogen) atoms. The van der Waals surface area contributed by atoms with Crippen LogP contribution >= 0.6 is 11.3 Å². The van der Waals surface area contributed by atoms with Crippen molar-refractivity contribution in [1.29, 1.82) is 0 Å². The molecule has 0 saturated carbocycles. The average molecular weight is 302 g/mol. The third-order valence-electron chi connectivity index (χ3n) is 3.31. The number of rotatable bonds is 3. The van der Waals surface area contributed by atoms with E-state index in [0.717, 1.165) is 16.8 Å². The molecule has 108 valence electrons. The van der Waals surface area contributed by atoms with Gasteiger partial charge in [-0.3, -0.25) is 14.7 Å². The first-order valence-corrected chi connectivity index (χ1v) is 7.40. The zero-order valence-corrected chi connectivity index (χ0v) is 12.2. The molecule has 0 radical (unpaired) electrons. The number of aromatic amines is 1. The highest BCUT2D eigenvalue weighted by Crippen LogP contribution is 2.26. The second kappa shape index (κ2) is 5.53. The molecule has 2 amide bonds. The van der Waals surface area contributed by atoms with Crippen LogP contribution in [-0.4, -0.2) is 26.9 Å². The second-order valence-corrected chi connectivity index (χ2v) is 5.56. The molecular weight excluding hydrogens is 288 g/mol. The fourth-order valence-corrected chi connectivity index (χ4v) is 2.79. The SMILES string of the molecule is CC(=O)N1Cc2[nH]nc(NC(=O)C=Cc3ccsc3)c2C1. The van der Waals surface area contributed by atoms with Crippen molar-refractivity contribution in [3.8, 4) is 0 Å². The van der Waals surface area contributed by atoms with E-state index >= 15 is 0 Å². The van der Waals surface area contributed by atoms with Crippen LogP contribution < -0.4 is 5.32 Å². The molecule has 0 atom stereocenters. The summed E-state index contributed by atoms with van der Waals surface area (Å²) in [5.74, 6) is 0.264. The van der Waals surface area contributed by atoms with E-state index in [1.807, 2.05) is 16.8 Å². The summed E-state index contributed by atoms with van der Waals surface area (Å²) in [7, 11) is 0. The van der Waals surface area contributed by atoms with Gasteiger partial charge < -0.3 is 10.2 Å². The summed E-state index contributed by atoms with van der Waals surface area (Å²) in [4.78, 5) is 25.0. The van der Waals surface area contributed by atoms with Crippen LogP contribution in [0.3, 0.4) is 0 Å². The van der Waals surface area contributed by atoms with Crippen molar-refractivity contribution in [2.24, 2.45) is 0 Å². The zero-order valence-electron chi connectivity index (χ0n) is 11.4. The number of amides is 2. The lowest BCUT2D eigenvalue weighted by Gasteiger charge is -2.12. The maximum absolute atomic E-state index is 11.9. The fraction of sp³-hybridized carbons (Fsp3) is 0.214. The van der Waals surface area contributed by atoms with Crippen molar-refractivity contribution in [3.05, 3.63) is 39.7 Å². The lowest BCUT2D eigenvalue weighted by atomic mass is 10.2. The van der Waals surface area contributed by atoms with E-state index in [2.05, 4.69) is 15.5 Å². The van der Waals surface area contributed by atoms with E-state index in [9.17, 15) is 9.59 Å². The number of nitrogens with one attached hydrogen (secondary N) is 2. The molecule has 0 bridgehead atoms. The third-order valence-corrected chi connectivity index (χ3v) is 4.01. The van der Waals surface area contributed by atoms with Gasteiger partial charge in [0.1, 0.15) is 0 Å². The van der Waals surface area contributed by atoms with Gasteiger partial charge in [0.15, 0.2) is 5.82 Å². The van der Waals surface area contributed by atoms with Crippen molar-refractivity contribution in [1.82, 2.24) is 15.1 Å². The van der Waals surface area contributed by atoms with E-state index < -0.39 is 0 Å². The number of nitrogens with zero attached hydrogens (tertiary/aromatic N) is 2. The van der Waals surface area contributed by atoms with Crippen LogP contribution in [0.1, 0.15) is 23.7 Å². The molecule has 1 aliphatic rings. The van der Waals surface area contributed by atoms with Crippen molar-refractivity contribution in [3.63, 3.8) is 0 Å². The second-order valence-electron chi connectivity index (χ2n) is 4.78. The minimum Gasteiger partial charge on any atom is -0.333 e. The quantitative estimate of drug-likeness (QED) is 0.851. The van der Waals surface area contributed by atoms with E-state index in [1.54, 1.807) is 22.3 Å². The molecule has 6 nitrogen and oxygen atoms in total. The summed E-state index contributed by atoms with van der Waals surface area (Å²) in [5, 5.41) is 13.6. The van der Waals surface area contributed by atoms with Crippen LogP contribution in [0.25, 0.3) is 6.08 Å². The number of H-pyrrole nitrogens is 1. The van der Waals surface area contributed by atoms with Crippen molar-refractivity contribution in [2.75, 3.05) is 5.32 Å². The summed E-state index contributed by atoms with van der Waals surface area (Å²) in [6.07, 6.45) is 3.22. The average Bonchev–Trinajstić information content (AvgIpc) is 3.14. The Balaban J connectivity index is 1.67. The standard InChI is InChI=1S/C14H14N4O2S/c1-9(19)18-6-11-12(7-18)16-17-14(11)15-13(20)3-2-10-4-5-21-8-10/h2-5,8H,6-7H2,1H3,(H2,15,16,17,20).